The summed E-state index contributed by atoms with van der Waals surface area (Å²) >= 11 is 5.49. The predicted molar refractivity (Wildman–Crippen MR) is 65.1 cm³/mol. The normalized spacial score (nSPS) is 28.8. The minimum absolute atomic E-state index is 0.113. The lowest BCUT2D eigenvalue weighted by Gasteiger charge is -2.49. The third-order valence-corrected chi connectivity index (χ3v) is 5.07. The highest BCUT2D eigenvalue weighted by Gasteiger charge is 2.48. The van der Waals surface area contributed by atoms with E-state index in [0.717, 1.165) is 0 Å². The molecule has 0 aromatic heterocycles. The molecule has 1 saturated carbocycles. The van der Waals surface area contributed by atoms with E-state index in [9.17, 15) is 13.5 Å². The molecule has 96 valence electrons. The van der Waals surface area contributed by atoms with Gasteiger partial charge in [0.15, 0.2) is 0 Å². The molecule has 6 heteroatoms. The summed E-state index contributed by atoms with van der Waals surface area (Å²) in [6.07, 6.45) is 1.37. The molecule has 2 atom stereocenters. The standard InChI is InChI=1S/C10H20ClNO3S/c1-10(2)8(7-9(10)13)12-16(14,15)6-4-3-5-11/h8-9,12-13H,3-7H2,1-2H3. The second-order valence-electron chi connectivity index (χ2n) is 4.96. The van der Waals surface area contributed by atoms with Gasteiger partial charge in [-0.1, -0.05) is 13.8 Å². The molecule has 0 aliphatic heterocycles. The van der Waals surface area contributed by atoms with E-state index in [1.807, 2.05) is 13.8 Å². The Kier molecular flexibility index (Phi) is 4.63. The largest absolute Gasteiger partial charge is 0.392 e. The number of aliphatic hydroxyl groups excluding tert-OH is 1. The van der Waals surface area contributed by atoms with Gasteiger partial charge in [-0.05, 0) is 19.3 Å². The SMILES string of the molecule is CC1(C)C(O)CC1NS(=O)(=O)CCCCCl. The fourth-order valence-corrected chi connectivity index (χ4v) is 3.49. The summed E-state index contributed by atoms with van der Waals surface area (Å²) in [5.41, 5.74) is -0.362. The number of halogens is 1. The van der Waals surface area contributed by atoms with Crippen LogP contribution in [-0.2, 0) is 10.0 Å². The summed E-state index contributed by atoms with van der Waals surface area (Å²) in [6, 6.07) is -0.150. The third kappa shape index (κ3) is 3.32. The molecule has 1 aliphatic rings. The molecule has 0 radical (unpaired) electrons. The first-order valence-corrected chi connectivity index (χ1v) is 7.72. The van der Waals surface area contributed by atoms with Crippen molar-refractivity contribution in [2.75, 3.05) is 11.6 Å². The van der Waals surface area contributed by atoms with Gasteiger partial charge in [0.2, 0.25) is 10.0 Å². The fourth-order valence-electron chi connectivity index (χ4n) is 1.76. The van der Waals surface area contributed by atoms with Crippen molar-refractivity contribution in [2.24, 2.45) is 5.41 Å². The van der Waals surface area contributed by atoms with Crippen LogP contribution in [0.25, 0.3) is 0 Å². The second kappa shape index (κ2) is 5.21. The van der Waals surface area contributed by atoms with Crippen LogP contribution in [-0.4, -0.2) is 37.3 Å². The minimum atomic E-state index is -3.23. The summed E-state index contributed by atoms with van der Waals surface area (Å²) in [5.74, 6) is 0.603. The van der Waals surface area contributed by atoms with Crippen LogP contribution < -0.4 is 4.72 Å². The molecule has 4 nitrogen and oxygen atoms in total. The third-order valence-electron chi connectivity index (χ3n) is 3.33. The maximum atomic E-state index is 11.7. The Morgan fingerprint density at radius 2 is 2.06 bits per heavy atom. The Morgan fingerprint density at radius 1 is 1.44 bits per heavy atom. The first-order valence-electron chi connectivity index (χ1n) is 5.53. The summed E-state index contributed by atoms with van der Waals surface area (Å²) in [4.78, 5) is 0. The highest BCUT2D eigenvalue weighted by molar-refractivity contribution is 7.89. The number of alkyl halides is 1. The van der Waals surface area contributed by atoms with Crippen molar-refractivity contribution in [3.8, 4) is 0 Å². The molecular formula is C10H20ClNO3S. The predicted octanol–water partition coefficient (Wildman–Crippen LogP) is 1.08. The van der Waals surface area contributed by atoms with Crippen molar-refractivity contribution in [3.63, 3.8) is 0 Å². The van der Waals surface area contributed by atoms with Gasteiger partial charge in [0.25, 0.3) is 0 Å². The smallest absolute Gasteiger partial charge is 0.211 e. The molecule has 0 heterocycles. The Bertz CT molecular complexity index is 329. The highest BCUT2D eigenvalue weighted by Crippen LogP contribution is 2.40. The Balaban J connectivity index is 2.42. The van der Waals surface area contributed by atoms with Gasteiger partial charge in [0.1, 0.15) is 0 Å². The highest BCUT2D eigenvalue weighted by atomic mass is 35.5. The average Bonchev–Trinajstić information content (AvgIpc) is 2.17. The van der Waals surface area contributed by atoms with Gasteiger partial charge in [-0.2, -0.15) is 0 Å². The minimum Gasteiger partial charge on any atom is -0.392 e. The number of unbranched alkanes of at least 4 members (excludes halogenated alkanes) is 1. The maximum absolute atomic E-state index is 11.7. The summed E-state index contributed by atoms with van der Waals surface area (Å²) in [7, 11) is -3.23. The van der Waals surface area contributed by atoms with Crippen molar-refractivity contribution in [1.29, 1.82) is 0 Å². The average molecular weight is 270 g/mol. The topological polar surface area (TPSA) is 66.4 Å². The molecule has 2 unspecified atom stereocenters. The Labute approximate surface area is 102 Å². The molecule has 1 rings (SSSR count). The monoisotopic (exact) mass is 269 g/mol. The van der Waals surface area contributed by atoms with Gasteiger partial charge >= 0.3 is 0 Å². The summed E-state index contributed by atoms with van der Waals surface area (Å²) in [6.45, 7) is 3.74. The lowest BCUT2D eigenvalue weighted by Crippen LogP contribution is -2.61. The van der Waals surface area contributed by atoms with Crippen LogP contribution in [0.5, 0.6) is 0 Å². The number of aliphatic hydroxyl groups is 1. The first kappa shape index (κ1) is 14.2. The molecule has 1 fully saturated rings. The van der Waals surface area contributed by atoms with Gasteiger partial charge in [-0.3, -0.25) is 0 Å². The number of hydrogen-bond donors (Lipinski definition) is 2. The molecule has 1 aliphatic carbocycles. The van der Waals surface area contributed by atoms with Crippen molar-refractivity contribution in [2.45, 2.75) is 45.3 Å². The molecule has 0 bridgehead atoms. The van der Waals surface area contributed by atoms with Gasteiger partial charge in [-0.25, -0.2) is 13.1 Å². The second-order valence-corrected chi connectivity index (χ2v) is 7.21. The molecule has 0 saturated heterocycles. The lowest BCUT2D eigenvalue weighted by atomic mass is 9.65. The van der Waals surface area contributed by atoms with Gasteiger partial charge in [0.05, 0.1) is 11.9 Å². The Hall–Kier alpha value is 0.160. The molecule has 16 heavy (non-hydrogen) atoms. The molecule has 0 aromatic carbocycles. The van der Waals surface area contributed by atoms with E-state index in [-0.39, 0.29) is 17.2 Å². The van der Waals surface area contributed by atoms with Gasteiger partial charge in [-0.15, -0.1) is 11.6 Å². The van der Waals surface area contributed by atoms with Crippen LogP contribution in [0.15, 0.2) is 0 Å². The molecule has 0 aromatic rings. The first-order chi connectivity index (χ1) is 7.29. The zero-order chi connectivity index (χ0) is 12.4. The van der Waals surface area contributed by atoms with Crippen LogP contribution in [0.3, 0.4) is 0 Å². The van der Waals surface area contributed by atoms with E-state index in [1.54, 1.807) is 0 Å². The molecular weight excluding hydrogens is 250 g/mol. The van der Waals surface area contributed by atoms with Gasteiger partial charge < -0.3 is 5.11 Å². The van der Waals surface area contributed by atoms with E-state index < -0.39 is 16.1 Å². The van der Waals surface area contributed by atoms with Crippen LogP contribution in [0.2, 0.25) is 0 Å². The van der Waals surface area contributed by atoms with Crippen molar-refractivity contribution >= 4 is 21.6 Å². The zero-order valence-corrected chi connectivity index (χ0v) is 11.3. The van der Waals surface area contributed by atoms with E-state index in [0.29, 0.717) is 25.1 Å². The van der Waals surface area contributed by atoms with E-state index >= 15 is 0 Å². The number of hydrogen-bond acceptors (Lipinski definition) is 3. The van der Waals surface area contributed by atoms with Crippen LogP contribution in [0.4, 0.5) is 0 Å². The van der Waals surface area contributed by atoms with Crippen LogP contribution >= 0.6 is 11.6 Å². The fraction of sp³-hybridized carbons (Fsp3) is 1.00. The number of sulfonamides is 1. The summed E-state index contributed by atoms with van der Waals surface area (Å²) < 4.78 is 26.0. The summed E-state index contributed by atoms with van der Waals surface area (Å²) in [5, 5.41) is 9.50. The quantitative estimate of drug-likeness (QED) is 0.560. The molecule has 0 amide bonds. The van der Waals surface area contributed by atoms with Gasteiger partial charge in [0, 0.05) is 17.3 Å². The van der Waals surface area contributed by atoms with E-state index in [1.165, 1.54) is 0 Å². The zero-order valence-electron chi connectivity index (χ0n) is 9.74. The van der Waals surface area contributed by atoms with Crippen LogP contribution in [0.1, 0.15) is 33.1 Å². The van der Waals surface area contributed by atoms with Crippen LogP contribution in [0, 0.1) is 5.41 Å². The molecule has 2 N–H and O–H groups in total. The molecule has 0 spiro atoms. The van der Waals surface area contributed by atoms with E-state index in [4.69, 9.17) is 11.6 Å². The maximum Gasteiger partial charge on any atom is 0.211 e. The number of nitrogens with one attached hydrogen (secondary N) is 1. The van der Waals surface area contributed by atoms with Crippen molar-refractivity contribution in [3.05, 3.63) is 0 Å². The Morgan fingerprint density at radius 3 is 2.50 bits per heavy atom. The lowest BCUT2D eigenvalue weighted by molar-refractivity contribution is -0.0645. The van der Waals surface area contributed by atoms with E-state index in [2.05, 4.69) is 4.72 Å². The van der Waals surface area contributed by atoms with Crippen molar-refractivity contribution in [1.82, 2.24) is 4.72 Å². The van der Waals surface area contributed by atoms with Crippen molar-refractivity contribution < 1.29 is 13.5 Å². The number of rotatable bonds is 6.